The molecule has 0 aliphatic heterocycles. The molecular weight excluding hydrogens is 306 g/mol. The molecule has 0 radical (unpaired) electrons. The number of anilines is 2. The molecule has 0 atom stereocenters. The molecular formula is C15H12ClN3O3. The maximum absolute atomic E-state index is 11.1. The predicted molar refractivity (Wildman–Crippen MR) is 83.3 cm³/mol. The highest BCUT2D eigenvalue weighted by Gasteiger charge is 2.17. The summed E-state index contributed by atoms with van der Waals surface area (Å²) in [5.74, 6) is 0. The summed E-state index contributed by atoms with van der Waals surface area (Å²) < 4.78 is 0. The van der Waals surface area contributed by atoms with Crippen LogP contribution in [-0.4, -0.2) is 16.6 Å². The third kappa shape index (κ3) is 3.52. The number of nitrogens with one attached hydrogen (secondary N) is 1. The molecule has 0 spiro atoms. The first kappa shape index (κ1) is 15.8. The van der Waals surface area contributed by atoms with Crippen LogP contribution in [0.15, 0.2) is 36.4 Å². The maximum Gasteiger partial charge on any atom is 0.294 e. The molecule has 0 saturated carbocycles. The molecule has 112 valence electrons. The van der Waals surface area contributed by atoms with Gasteiger partial charge < -0.3 is 10.4 Å². The van der Waals surface area contributed by atoms with E-state index in [2.05, 4.69) is 5.32 Å². The van der Waals surface area contributed by atoms with Crippen molar-refractivity contribution in [2.24, 2.45) is 0 Å². The Hall–Kier alpha value is -2.62. The smallest absolute Gasteiger partial charge is 0.294 e. The summed E-state index contributed by atoms with van der Waals surface area (Å²) in [4.78, 5) is 10.5. The average Bonchev–Trinajstić information content (AvgIpc) is 2.49. The lowest BCUT2D eigenvalue weighted by atomic mass is 10.1. The summed E-state index contributed by atoms with van der Waals surface area (Å²) in [7, 11) is 0. The number of benzene rings is 2. The number of hydrogen-bond acceptors (Lipinski definition) is 5. The molecule has 2 aromatic carbocycles. The Bertz CT molecular complexity index is 739. The molecule has 0 heterocycles. The topological polar surface area (TPSA) is 99.2 Å². The number of nitro benzene ring substituents is 1. The van der Waals surface area contributed by atoms with Crippen LogP contribution in [0.3, 0.4) is 0 Å². The third-order valence-corrected chi connectivity index (χ3v) is 3.35. The van der Waals surface area contributed by atoms with Gasteiger partial charge in [0, 0.05) is 18.4 Å². The zero-order valence-corrected chi connectivity index (χ0v) is 12.2. The van der Waals surface area contributed by atoms with E-state index in [1.165, 1.54) is 6.07 Å². The molecule has 0 saturated heterocycles. The molecule has 6 nitrogen and oxygen atoms in total. The predicted octanol–water partition coefficient (Wildman–Crippen LogP) is 3.40. The Labute approximate surface area is 131 Å². The normalized spacial score (nSPS) is 10.0. The summed E-state index contributed by atoms with van der Waals surface area (Å²) in [6.07, 6.45) is 0.545. The van der Waals surface area contributed by atoms with Gasteiger partial charge in [-0.3, -0.25) is 10.1 Å². The van der Waals surface area contributed by atoms with Crippen molar-refractivity contribution >= 4 is 28.7 Å². The fourth-order valence-electron chi connectivity index (χ4n) is 1.94. The van der Waals surface area contributed by atoms with Crippen molar-refractivity contribution in [3.05, 3.63) is 62.7 Å². The maximum atomic E-state index is 11.1. The van der Waals surface area contributed by atoms with Crippen molar-refractivity contribution in [3.63, 3.8) is 0 Å². The summed E-state index contributed by atoms with van der Waals surface area (Å²) in [5, 5.41) is 31.9. The van der Waals surface area contributed by atoms with Gasteiger partial charge in [0.15, 0.2) is 0 Å². The fourth-order valence-corrected chi connectivity index (χ4v) is 2.14. The van der Waals surface area contributed by atoms with Crippen LogP contribution in [-0.2, 0) is 6.42 Å². The summed E-state index contributed by atoms with van der Waals surface area (Å²) in [6, 6.07) is 11.5. The van der Waals surface area contributed by atoms with Crippen LogP contribution in [0.25, 0.3) is 0 Å². The lowest BCUT2D eigenvalue weighted by Crippen LogP contribution is -1.99. The average molecular weight is 318 g/mol. The number of rotatable bonds is 5. The van der Waals surface area contributed by atoms with Gasteiger partial charge in [0.25, 0.3) is 5.69 Å². The highest BCUT2D eigenvalue weighted by molar-refractivity contribution is 6.32. The highest BCUT2D eigenvalue weighted by Crippen LogP contribution is 2.33. The van der Waals surface area contributed by atoms with Crippen molar-refractivity contribution < 1.29 is 10.0 Å². The molecule has 0 fully saturated rings. The van der Waals surface area contributed by atoms with E-state index in [4.69, 9.17) is 22.0 Å². The van der Waals surface area contributed by atoms with Crippen LogP contribution in [0.2, 0.25) is 5.02 Å². The van der Waals surface area contributed by atoms with Crippen LogP contribution in [0.5, 0.6) is 0 Å². The van der Waals surface area contributed by atoms with Gasteiger partial charge in [-0.05, 0) is 30.2 Å². The first-order chi connectivity index (χ1) is 10.5. The van der Waals surface area contributed by atoms with Gasteiger partial charge in [0.1, 0.15) is 11.8 Å². The SMILES string of the molecule is N#Cc1cc([N+](=O)[O-])c(Nc2ccc(CCO)cc2)cc1Cl. The molecule has 0 bridgehead atoms. The Morgan fingerprint density at radius 3 is 2.55 bits per heavy atom. The van der Waals surface area contributed by atoms with E-state index < -0.39 is 4.92 Å². The molecule has 0 unspecified atom stereocenters. The first-order valence-corrected chi connectivity index (χ1v) is 6.78. The largest absolute Gasteiger partial charge is 0.396 e. The molecule has 2 N–H and O–H groups in total. The lowest BCUT2D eigenvalue weighted by molar-refractivity contribution is -0.383. The molecule has 22 heavy (non-hydrogen) atoms. The number of nitro groups is 1. The third-order valence-electron chi connectivity index (χ3n) is 3.04. The number of aliphatic hydroxyl groups is 1. The van der Waals surface area contributed by atoms with E-state index in [0.717, 1.165) is 11.6 Å². The van der Waals surface area contributed by atoms with Crippen molar-refractivity contribution in [3.8, 4) is 6.07 Å². The molecule has 2 rings (SSSR count). The van der Waals surface area contributed by atoms with Crippen LogP contribution < -0.4 is 5.32 Å². The van der Waals surface area contributed by atoms with E-state index >= 15 is 0 Å². The van der Waals surface area contributed by atoms with E-state index in [1.54, 1.807) is 12.1 Å². The standard InChI is InChI=1S/C15H12ClN3O3/c16-13-8-14(15(19(21)22)7-11(13)9-17)18-12-3-1-10(2-4-12)5-6-20/h1-4,7-8,18,20H,5-6H2. The van der Waals surface area contributed by atoms with Gasteiger partial charge in [-0.1, -0.05) is 23.7 Å². The molecule has 2 aromatic rings. The zero-order chi connectivity index (χ0) is 16.1. The second-order valence-corrected chi connectivity index (χ2v) is 4.92. The van der Waals surface area contributed by atoms with Gasteiger partial charge in [-0.15, -0.1) is 0 Å². The Balaban J connectivity index is 2.34. The van der Waals surface area contributed by atoms with Gasteiger partial charge in [0.2, 0.25) is 0 Å². The van der Waals surface area contributed by atoms with Crippen molar-refractivity contribution in [1.29, 1.82) is 5.26 Å². The van der Waals surface area contributed by atoms with Gasteiger partial charge in [-0.25, -0.2) is 0 Å². The summed E-state index contributed by atoms with van der Waals surface area (Å²) >= 11 is 5.93. The second kappa shape index (κ2) is 6.89. The number of hydrogen-bond donors (Lipinski definition) is 2. The summed E-state index contributed by atoms with van der Waals surface area (Å²) in [5.41, 5.74) is 1.65. The van der Waals surface area contributed by atoms with Crippen LogP contribution in [0.4, 0.5) is 17.1 Å². The molecule has 0 amide bonds. The Morgan fingerprint density at radius 2 is 2.00 bits per heavy atom. The second-order valence-electron chi connectivity index (χ2n) is 4.51. The van der Waals surface area contributed by atoms with Crippen molar-refractivity contribution in [2.45, 2.75) is 6.42 Å². The number of nitrogens with zero attached hydrogens (tertiary/aromatic N) is 2. The van der Waals surface area contributed by atoms with Crippen LogP contribution in [0, 0.1) is 21.4 Å². The fraction of sp³-hybridized carbons (Fsp3) is 0.133. The number of halogens is 1. The Kier molecular flexibility index (Phi) is 4.94. The molecule has 0 aromatic heterocycles. The highest BCUT2D eigenvalue weighted by atomic mass is 35.5. The first-order valence-electron chi connectivity index (χ1n) is 6.40. The lowest BCUT2D eigenvalue weighted by Gasteiger charge is -2.09. The number of aliphatic hydroxyl groups excluding tert-OH is 1. The van der Waals surface area contributed by atoms with Crippen molar-refractivity contribution in [2.75, 3.05) is 11.9 Å². The van der Waals surface area contributed by atoms with E-state index in [-0.39, 0.29) is 28.6 Å². The summed E-state index contributed by atoms with van der Waals surface area (Å²) in [6.45, 7) is 0.0590. The van der Waals surface area contributed by atoms with E-state index in [0.29, 0.717) is 12.1 Å². The Morgan fingerprint density at radius 1 is 1.32 bits per heavy atom. The van der Waals surface area contributed by atoms with Gasteiger partial charge in [-0.2, -0.15) is 5.26 Å². The van der Waals surface area contributed by atoms with Gasteiger partial charge in [0.05, 0.1) is 15.5 Å². The number of nitriles is 1. The minimum Gasteiger partial charge on any atom is -0.396 e. The molecule has 0 aliphatic carbocycles. The minimum absolute atomic E-state index is 0.0530. The molecule has 0 aliphatic rings. The van der Waals surface area contributed by atoms with Crippen molar-refractivity contribution in [1.82, 2.24) is 0 Å². The van der Waals surface area contributed by atoms with Crippen LogP contribution in [0.1, 0.15) is 11.1 Å². The zero-order valence-electron chi connectivity index (χ0n) is 11.4. The molecule has 7 heteroatoms. The minimum atomic E-state index is -0.570. The monoisotopic (exact) mass is 317 g/mol. The van der Waals surface area contributed by atoms with E-state index in [9.17, 15) is 10.1 Å². The van der Waals surface area contributed by atoms with E-state index in [1.807, 2.05) is 18.2 Å². The quantitative estimate of drug-likeness (QED) is 0.650. The van der Waals surface area contributed by atoms with Crippen LogP contribution >= 0.6 is 11.6 Å². The van der Waals surface area contributed by atoms with Gasteiger partial charge >= 0.3 is 0 Å².